The lowest BCUT2D eigenvalue weighted by atomic mass is 9.92. The molecule has 0 N–H and O–H groups in total. The molecular weight excluding hydrogens is 172 g/mol. The van der Waals surface area contributed by atoms with E-state index in [0.29, 0.717) is 12.2 Å². The van der Waals surface area contributed by atoms with Gasteiger partial charge in [0.1, 0.15) is 0 Å². The predicted molar refractivity (Wildman–Crippen MR) is 59.2 cm³/mol. The summed E-state index contributed by atoms with van der Waals surface area (Å²) in [7, 11) is 0. The van der Waals surface area contributed by atoms with E-state index in [4.69, 9.17) is 4.74 Å². The Morgan fingerprint density at radius 1 is 1.21 bits per heavy atom. The van der Waals surface area contributed by atoms with Gasteiger partial charge in [-0.2, -0.15) is 0 Å². The van der Waals surface area contributed by atoms with Crippen molar-refractivity contribution in [1.82, 2.24) is 0 Å². The molecule has 0 bridgehead atoms. The Hall–Kier alpha value is -0.0400. The molecule has 0 amide bonds. The molecule has 5 atom stereocenters. The minimum Gasteiger partial charge on any atom is -0.370 e. The van der Waals surface area contributed by atoms with Crippen molar-refractivity contribution in [3.63, 3.8) is 0 Å². The number of ether oxygens (including phenoxy) is 1. The lowest BCUT2D eigenvalue weighted by Gasteiger charge is -2.13. The molecule has 0 aromatic rings. The third-order valence-corrected chi connectivity index (χ3v) is 4.24. The maximum Gasteiger partial charge on any atom is 0.0867 e. The van der Waals surface area contributed by atoms with Crippen molar-refractivity contribution in [3.8, 4) is 0 Å². The van der Waals surface area contributed by atoms with Crippen LogP contribution in [0.15, 0.2) is 0 Å². The molecular formula is C13H24O. The number of unbranched alkanes of at least 4 members (excludes halogenated alkanes) is 1. The smallest absolute Gasteiger partial charge is 0.0867 e. The summed E-state index contributed by atoms with van der Waals surface area (Å²) >= 11 is 0. The zero-order valence-corrected chi connectivity index (χ0v) is 9.83. The highest BCUT2D eigenvalue weighted by molar-refractivity contribution is 4.94. The van der Waals surface area contributed by atoms with Gasteiger partial charge in [0.05, 0.1) is 12.2 Å². The fourth-order valence-corrected chi connectivity index (χ4v) is 3.22. The first-order valence-corrected chi connectivity index (χ1v) is 6.37. The van der Waals surface area contributed by atoms with E-state index in [1.165, 1.54) is 32.1 Å². The Morgan fingerprint density at radius 3 is 2.50 bits per heavy atom. The first kappa shape index (κ1) is 10.5. The monoisotopic (exact) mass is 196 g/mol. The second-order valence-electron chi connectivity index (χ2n) is 5.42. The minimum atomic E-state index is 0.567. The summed E-state index contributed by atoms with van der Waals surface area (Å²) in [5, 5.41) is 0. The normalized spacial score (nSPS) is 46.9. The highest BCUT2D eigenvalue weighted by atomic mass is 16.6. The van der Waals surface area contributed by atoms with E-state index in [2.05, 4.69) is 20.8 Å². The van der Waals surface area contributed by atoms with Crippen LogP contribution in [0.3, 0.4) is 0 Å². The summed E-state index contributed by atoms with van der Waals surface area (Å²) in [6.07, 6.45) is 8.28. The van der Waals surface area contributed by atoms with Crippen LogP contribution in [-0.2, 0) is 4.74 Å². The number of hydrogen-bond donors (Lipinski definition) is 0. The topological polar surface area (TPSA) is 12.5 Å². The average Bonchev–Trinajstić information content (AvgIpc) is 2.76. The zero-order valence-electron chi connectivity index (χ0n) is 9.83. The second-order valence-corrected chi connectivity index (χ2v) is 5.42. The Bertz CT molecular complexity index is 190. The van der Waals surface area contributed by atoms with Crippen LogP contribution in [0.2, 0.25) is 0 Å². The highest BCUT2D eigenvalue weighted by Crippen LogP contribution is 2.46. The third-order valence-electron chi connectivity index (χ3n) is 4.24. The molecule has 0 aromatic carbocycles. The third kappa shape index (κ3) is 2.13. The van der Waals surface area contributed by atoms with E-state index >= 15 is 0 Å². The van der Waals surface area contributed by atoms with Crippen LogP contribution < -0.4 is 0 Å². The molecule has 0 radical (unpaired) electrons. The van der Waals surface area contributed by atoms with Gasteiger partial charge in [0, 0.05) is 0 Å². The average molecular weight is 196 g/mol. The molecule has 2 fully saturated rings. The number of rotatable bonds is 4. The number of epoxide rings is 1. The molecule has 0 spiro atoms. The zero-order chi connectivity index (χ0) is 10.1. The van der Waals surface area contributed by atoms with Gasteiger partial charge >= 0.3 is 0 Å². The molecule has 14 heavy (non-hydrogen) atoms. The van der Waals surface area contributed by atoms with Crippen molar-refractivity contribution < 1.29 is 4.74 Å². The van der Waals surface area contributed by atoms with E-state index in [-0.39, 0.29) is 0 Å². The fraction of sp³-hybridized carbons (Fsp3) is 1.00. The molecule has 1 saturated carbocycles. The highest BCUT2D eigenvalue weighted by Gasteiger charge is 2.46. The standard InChI is InChI=1S/C13H24O/c1-4-5-6-11-8-12(7-9(11)2)13-10(3)14-13/h9-13H,4-8H2,1-3H3. The van der Waals surface area contributed by atoms with Gasteiger partial charge in [-0.25, -0.2) is 0 Å². The SMILES string of the molecule is CCCCC1CC(C2OC2C)CC1C. The molecule has 1 saturated heterocycles. The minimum absolute atomic E-state index is 0.567. The fourth-order valence-electron chi connectivity index (χ4n) is 3.22. The van der Waals surface area contributed by atoms with Crippen LogP contribution in [0, 0.1) is 17.8 Å². The summed E-state index contributed by atoms with van der Waals surface area (Å²) in [5.74, 6) is 2.83. The van der Waals surface area contributed by atoms with Crippen LogP contribution in [0.4, 0.5) is 0 Å². The van der Waals surface area contributed by atoms with E-state index < -0.39 is 0 Å². The van der Waals surface area contributed by atoms with Gasteiger partial charge in [-0.3, -0.25) is 0 Å². The Morgan fingerprint density at radius 2 is 1.93 bits per heavy atom. The lowest BCUT2D eigenvalue weighted by Crippen LogP contribution is -2.06. The van der Waals surface area contributed by atoms with Crippen molar-refractivity contribution in [3.05, 3.63) is 0 Å². The van der Waals surface area contributed by atoms with E-state index in [9.17, 15) is 0 Å². The van der Waals surface area contributed by atoms with Crippen molar-refractivity contribution >= 4 is 0 Å². The van der Waals surface area contributed by atoms with Crippen molar-refractivity contribution in [2.24, 2.45) is 17.8 Å². The molecule has 1 aliphatic carbocycles. The molecule has 5 unspecified atom stereocenters. The largest absolute Gasteiger partial charge is 0.370 e. The van der Waals surface area contributed by atoms with E-state index in [1.54, 1.807) is 0 Å². The van der Waals surface area contributed by atoms with Crippen molar-refractivity contribution in [2.45, 2.75) is 65.1 Å². The quantitative estimate of drug-likeness (QED) is 0.626. The van der Waals surface area contributed by atoms with Gasteiger partial charge in [-0.05, 0) is 37.5 Å². The van der Waals surface area contributed by atoms with Crippen LogP contribution >= 0.6 is 0 Å². The maximum atomic E-state index is 5.60. The van der Waals surface area contributed by atoms with Crippen molar-refractivity contribution in [2.75, 3.05) is 0 Å². The van der Waals surface area contributed by atoms with Crippen LogP contribution in [0.25, 0.3) is 0 Å². The van der Waals surface area contributed by atoms with E-state index in [0.717, 1.165) is 17.8 Å². The summed E-state index contributed by atoms with van der Waals surface area (Å²) in [6, 6.07) is 0. The Balaban J connectivity index is 1.78. The van der Waals surface area contributed by atoms with E-state index in [1.807, 2.05) is 0 Å². The van der Waals surface area contributed by atoms with Gasteiger partial charge < -0.3 is 4.74 Å². The van der Waals surface area contributed by atoms with Gasteiger partial charge in [0.2, 0.25) is 0 Å². The molecule has 82 valence electrons. The second kappa shape index (κ2) is 4.22. The molecule has 2 aliphatic rings. The number of hydrogen-bond acceptors (Lipinski definition) is 1. The van der Waals surface area contributed by atoms with Gasteiger partial charge in [-0.1, -0.05) is 33.1 Å². The molecule has 0 aromatic heterocycles. The molecule has 1 nitrogen and oxygen atoms in total. The molecule has 1 aliphatic heterocycles. The Labute approximate surface area is 88.2 Å². The Kier molecular flexibility index (Phi) is 3.16. The predicted octanol–water partition coefficient (Wildman–Crippen LogP) is 3.63. The lowest BCUT2D eigenvalue weighted by molar-refractivity contribution is 0.313. The summed E-state index contributed by atoms with van der Waals surface area (Å²) in [4.78, 5) is 0. The van der Waals surface area contributed by atoms with Gasteiger partial charge in [0.25, 0.3) is 0 Å². The van der Waals surface area contributed by atoms with Crippen LogP contribution in [0.1, 0.15) is 52.9 Å². The maximum absolute atomic E-state index is 5.60. The molecule has 2 rings (SSSR count). The molecule has 1 heterocycles. The van der Waals surface area contributed by atoms with Gasteiger partial charge in [-0.15, -0.1) is 0 Å². The summed E-state index contributed by atoms with van der Waals surface area (Å²) in [5.41, 5.74) is 0. The first-order chi connectivity index (χ1) is 6.72. The molecule has 1 heteroatoms. The summed E-state index contributed by atoms with van der Waals surface area (Å²) < 4.78 is 5.60. The summed E-state index contributed by atoms with van der Waals surface area (Å²) in [6.45, 7) is 6.95. The van der Waals surface area contributed by atoms with Crippen LogP contribution in [-0.4, -0.2) is 12.2 Å². The van der Waals surface area contributed by atoms with Crippen LogP contribution in [0.5, 0.6) is 0 Å². The van der Waals surface area contributed by atoms with Gasteiger partial charge in [0.15, 0.2) is 0 Å². The van der Waals surface area contributed by atoms with Crippen molar-refractivity contribution in [1.29, 1.82) is 0 Å². The first-order valence-electron chi connectivity index (χ1n) is 6.37.